The van der Waals surface area contributed by atoms with Crippen LogP contribution in [-0.4, -0.2) is 49.6 Å². The summed E-state index contributed by atoms with van der Waals surface area (Å²) < 4.78 is 4.67. The smallest absolute Gasteiger partial charge is 0.397 e. The Kier molecular flexibility index (Phi) is 4.55. The van der Waals surface area contributed by atoms with E-state index in [4.69, 9.17) is 0 Å². The molecular formula is C10H18N2O3. The van der Waals surface area contributed by atoms with Gasteiger partial charge in [-0.3, -0.25) is 4.79 Å². The number of hydrogen-bond donors (Lipinski definition) is 1. The van der Waals surface area contributed by atoms with E-state index in [-0.39, 0.29) is 12.6 Å². The first-order chi connectivity index (χ1) is 7.16. The SMILES string of the molecule is CCOC(=O)C(=O)N(C)C1CCNCC1. The number of amides is 1. The van der Waals surface area contributed by atoms with Crippen molar-refractivity contribution in [3.05, 3.63) is 0 Å². The van der Waals surface area contributed by atoms with Gasteiger partial charge in [-0.2, -0.15) is 0 Å². The van der Waals surface area contributed by atoms with Crippen LogP contribution in [0, 0.1) is 0 Å². The molecule has 0 unspecified atom stereocenters. The van der Waals surface area contributed by atoms with E-state index in [1.807, 2.05) is 0 Å². The van der Waals surface area contributed by atoms with Crippen molar-refractivity contribution in [2.45, 2.75) is 25.8 Å². The Balaban J connectivity index is 2.47. The minimum absolute atomic E-state index is 0.156. The van der Waals surface area contributed by atoms with Crippen LogP contribution in [0.2, 0.25) is 0 Å². The van der Waals surface area contributed by atoms with E-state index in [0.29, 0.717) is 0 Å². The summed E-state index contributed by atoms with van der Waals surface area (Å²) >= 11 is 0. The third-order valence-electron chi connectivity index (χ3n) is 2.63. The van der Waals surface area contributed by atoms with Crippen molar-refractivity contribution >= 4 is 11.9 Å². The number of hydrogen-bond acceptors (Lipinski definition) is 4. The van der Waals surface area contributed by atoms with Crippen molar-refractivity contribution in [2.75, 3.05) is 26.7 Å². The van der Waals surface area contributed by atoms with E-state index in [1.54, 1.807) is 14.0 Å². The molecule has 1 rings (SSSR count). The lowest BCUT2D eigenvalue weighted by Crippen LogP contribution is -2.46. The van der Waals surface area contributed by atoms with Gasteiger partial charge in [0.25, 0.3) is 0 Å². The quantitative estimate of drug-likeness (QED) is 0.509. The molecule has 0 aromatic carbocycles. The third kappa shape index (κ3) is 3.20. The number of carbonyl (C=O) groups is 2. The Labute approximate surface area is 89.8 Å². The van der Waals surface area contributed by atoms with Gasteiger partial charge in [0.1, 0.15) is 0 Å². The van der Waals surface area contributed by atoms with Crippen LogP contribution >= 0.6 is 0 Å². The summed E-state index contributed by atoms with van der Waals surface area (Å²) in [5, 5.41) is 3.21. The van der Waals surface area contributed by atoms with Crippen molar-refractivity contribution in [3.63, 3.8) is 0 Å². The maximum absolute atomic E-state index is 11.6. The standard InChI is InChI=1S/C10H18N2O3/c1-3-15-10(14)9(13)12(2)8-4-6-11-7-5-8/h8,11H,3-7H2,1-2H3. The van der Waals surface area contributed by atoms with Gasteiger partial charge in [-0.15, -0.1) is 0 Å². The number of rotatable bonds is 2. The second-order valence-electron chi connectivity index (χ2n) is 3.62. The van der Waals surface area contributed by atoms with E-state index >= 15 is 0 Å². The lowest BCUT2D eigenvalue weighted by molar-refractivity contribution is -0.160. The fraction of sp³-hybridized carbons (Fsp3) is 0.800. The van der Waals surface area contributed by atoms with Crippen molar-refractivity contribution in [3.8, 4) is 0 Å². The van der Waals surface area contributed by atoms with Gasteiger partial charge >= 0.3 is 11.9 Å². The highest BCUT2D eigenvalue weighted by atomic mass is 16.5. The molecule has 1 amide bonds. The van der Waals surface area contributed by atoms with Crippen molar-refractivity contribution in [1.82, 2.24) is 10.2 Å². The molecule has 0 radical (unpaired) electrons. The molecule has 86 valence electrons. The minimum Gasteiger partial charge on any atom is -0.459 e. The average molecular weight is 214 g/mol. The van der Waals surface area contributed by atoms with Gasteiger partial charge in [0.05, 0.1) is 6.61 Å². The first-order valence-corrected chi connectivity index (χ1v) is 5.31. The second-order valence-corrected chi connectivity index (χ2v) is 3.62. The molecule has 1 saturated heterocycles. The van der Waals surface area contributed by atoms with Crippen molar-refractivity contribution in [2.24, 2.45) is 0 Å². The van der Waals surface area contributed by atoms with Gasteiger partial charge in [-0.05, 0) is 32.9 Å². The topological polar surface area (TPSA) is 58.6 Å². The zero-order chi connectivity index (χ0) is 11.3. The maximum Gasteiger partial charge on any atom is 0.397 e. The Morgan fingerprint density at radius 3 is 2.53 bits per heavy atom. The first-order valence-electron chi connectivity index (χ1n) is 5.31. The fourth-order valence-corrected chi connectivity index (χ4v) is 1.70. The van der Waals surface area contributed by atoms with Gasteiger partial charge in [-0.1, -0.05) is 0 Å². The largest absolute Gasteiger partial charge is 0.459 e. The summed E-state index contributed by atoms with van der Waals surface area (Å²) in [7, 11) is 1.66. The summed E-state index contributed by atoms with van der Waals surface area (Å²) in [5.41, 5.74) is 0. The van der Waals surface area contributed by atoms with E-state index in [9.17, 15) is 9.59 Å². The number of piperidine rings is 1. The van der Waals surface area contributed by atoms with Gasteiger partial charge in [0, 0.05) is 13.1 Å². The second kappa shape index (κ2) is 5.70. The Morgan fingerprint density at radius 2 is 2.00 bits per heavy atom. The summed E-state index contributed by atoms with van der Waals surface area (Å²) in [4.78, 5) is 24.3. The van der Waals surface area contributed by atoms with Crippen LogP contribution in [0.5, 0.6) is 0 Å². The predicted molar refractivity (Wildman–Crippen MR) is 55.3 cm³/mol. The summed E-state index contributed by atoms with van der Waals surface area (Å²) in [6.45, 7) is 3.72. The molecule has 0 aliphatic carbocycles. The van der Waals surface area contributed by atoms with Crippen LogP contribution in [0.4, 0.5) is 0 Å². The van der Waals surface area contributed by atoms with Crippen molar-refractivity contribution in [1.29, 1.82) is 0 Å². The normalized spacial score (nSPS) is 17.2. The van der Waals surface area contributed by atoms with Crippen LogP contribution in [0.25, 0.3) is 0 Å². The van der Waals surface area contributed by atoms with Crippen LogP contribution in [0.1, 0.15) is 19.8 Å². The van der Waals surface area contributed by atoms with E-state index < -0.39 is 11.9 Å². The van der Waals surface area contributed by atoms with Gasteiger partial charge in [-0.25, -0.2) is 4.79 Å². The molecule has 0 aromatic heterocycles. The lowest BCUT2D eigenvalue weighted by Gasteiger charge is -2.30. The summed E-state index contributed by atoms with van der Waals surface area (Å²) in [6.07, 6.45) is 1.78. The molecule has 0 saturated carbocycles. The van der Waals surface area contributed by atoms with Crippen LogP contribution in [0.15, 0.2) is 0 Å². The number of carbonyl (C=O) groups excluding carboxylic acids is 2. The number of likely N-dealkylation sites (N-methyl/N-ethyl adjacent to an activating group) is 1. The van der Waals surface area contributed by atoms with Gasteiger partial charge in [0.15, 0.2) is 0 Å². The van der Waals surface area contributed by atoms with Crippen LogP contribution in [0.3, 0.4) is 0 Å². The molecular weight excluding hydrogens is 196 g/mol. The Morgan fingerprint density at radius 1 is 1.40 bits per heavy atom. The molecule has 0 atom stereocenters. The maximum atomic E-state index is 11.6. The monoisotopic (exact) mass is 214 g/mol. The fourth-order valence-electron chi connectivity index (χ4n) is 1.70. The Bertz CT molecular complexity index is 237. The zero-order valence-electron chi connectivity index (χ0n) is 9.28. The zero-order valence-corrected chi connectivity index (χ0v) is 9.28. The first kappa shape index (κ1) is 12.0. The summed E-state index contributed by atoms with van der Waals surface area (Å²) in [5.74, 6) is -1.29. The van der Waals surface area contributed by atoms with Crippen LogP contribution in [-0.2, 0) is 14.3 Å². The summed E-state index contributed by atoms with van der Waals surface area (Å²) in [6, 6.07) is 0.156. The van der Waals surface area contributed by atoms with Gasteiger partial charge < -0.3 is 15.0 Å². The Hall–Kier alpha value is -1.10. The lowest BCUT2D eigenvalue weighted by atomic mass is 10.1. The van der Waals surface area contributed by atoms with E-state index in [1.165, 1.54) is 4.90 Å². The number of nitrogens with one attached hydrogen (secondary N) is 1. The molecule has 5 heteroatoms. The van der Waals surface area contributed by atoms with Crippen molar-refractivity contribution < 1.29 is 14.3 Å². The van der Waals surface area contributed by atoms with E-state index in [0.717, 1.165) is 25.9 Å². The molecule has 1 N–H and O–H groups in total. The van der Waals surface area contributed by atoms with E-state index in [2.05, 4.69) is 10.1 Å². The highest BCUT2D eigenvalue weighted by Crippen LogP contribution is 2.10. The highest BCUT2D eigenvalue weighted by molar-refractivity contribution is 6.32. The number of ether oxygens (including phenoxy) is 1. The van der Waals surface area contributed by atoms with Gasteiger partial charge in [0.2, 0.25) is 0 Å². The highest BCUT2D eigenvalue weighted by Gasteiger charge is 2.27. The molecule has 1 aliphatic rings. The average Bonchev–Trinajstić information content (AvgIpc) is 2.28. The minimum atomic E-state index is -0.751. The van der Waals surface area contributed by atoms with Crippen LogP contribution < -0.4 is 5.32 Å². The molecule has 5 nitrogen and oxygen atoms in total. The molecule has 1 heterocycles. The molecule has 1 fully saturated rings. The third-order valence-corrected chi connectivity index (χ3v) is 2.63. The number of nitrogens with zero attached hydrogens (tertiary/aromatic N) is 1. The molecule has 1 aliphatic heterocycles. The molecule has 15 heavy (non-hydrogen) atoms. The molecule has 0 bridgehead atoms. The molecule has 0 spiro atoms. The molecule has 0 aromatic rings. The number of esters is 1. The predicted octanol–water partition coefficient (Wildman–Crippen LogP) is -0.240.